The zero-order valence-electron chi connectivity index (χ0n) is 12.4. The average molecular weight is 324 g/mol. The highest BCUT2D eigenvalue weighted by Gasteiger charge is 2.11. The van der Waals surface area contributed by atoms with E-state index in [9.17, 15) is 8.42 Å². The Bertz CT molecular complexity index is 719. The summed E-state index contributed by atoms with van der Waals surface area (Å²) in [5, 5.41) is 8.47. The minimum Gasteiger partial charge on any atom is -0.378 e. The molecule has 4 nitrogen and oxygen atoms in total. The standard InChI is InChI=1S/C15H20N2O2S2/c1-10-8-15(12(3)20-10)11(2)17-14-6-4-13(5-7-14)9-21(16,18)19/h4-8,11,17H,9H2,1-3H3,(H2,16,18,19). The van der Waals surface area contributed by atoms with Gasteiger partial charge >= 0.3 is 0 Å². The maximum atomic E-state index is 11.1. The number of rotatable bonds is 5. The van der Waals surface area contributed by atoms with Gasteiger partial charge < -0.3 is 5.32 Å². The van der Waals surface area contributed by atoms with E-state index >= 15 is 0 Å². The molecule has 0 spiro atoms. The smallest absolute Gasteiger partial charge is 0.213 e. The van der Waals surface area contributed by atoms with Gasteiger partial charge in [-0.05, 0) is 50.1 Å². The normalized spacial score (nSPS) is 13.1. The molecule has 0 saturated carbocycles. The van der Waals surface area contributed by atoms with Gasteiger partial charge in [0.1, 0.15) is 0 Å². The van der Waals surface area contributed by atoms with Gasteiger partial charge in [0.15, 0.2) is 0 Å². The molecule has 0 saturated heterocycles. The average Bonchev–Trinajstić information content (AvgIpc) is 2.69. The van der Waals surface area contributed by atoms with Crippen molar-refractivity contribution in [2.75, 3.05) is 5.32 Å². The first-order valence-electron chi connectivity index (χ1n) is 6.67. The molecule has 114 valence electrons. The van der Waals surface area contributed by atoms with Crippen LogP contribution in [0.1, 0.15) is 33.8 Å². The molecule has 0 bridgehead atoms. The second kappa shape index (κ2) is 6.17. The van der Waals surface area contributed by atoms with Gasteiger partial charge in [-0.3, -0.25) is 0 Å². The summed E-state index contributed by atoms with van der Waals surface area (Å²) in [6, 6.07) is 9.74. The van der Waals surface area contributed by atoms with E-state index in [-0.39, 0.29) is 11.8 Å². The van der Waals surface area contributed by atoms with Crippen LogP contribution in [0.3, 0.4) is 0 Å². The van der Waals surface area contributed by atoms with E-state index in [0.29, 0.717) is 5.56 Å². The highest BCUT2D eigenvalue weighted by molar-refractivity contribution is 7.88. The van der Waals surface area contributed by atoms with E-state index in [4.69, 9.17) is 5.14 Å². The third-order valence-corrected chi connectivity index (χ3v) is 4.97. The number of hydrogen-bond acceptors (Lipinski definition) is 4. The number of nitrogens with two attached hydrogens (primary N) is 1. The van der Waals surface area contributed by atoms with Crippen molar-refractivity contribution in [3.63, 3.8) is 0 Å². The molecule has 1 aromatic carbocycles. The maximum absolute atomic E-state index is 11.1. The molecule has 0 amide bonds. The molecule has 0 aliphatic heterocycles. The van der Waals surface area contributed by atoms with Gasteiger partial charge in [-0.1, -0.05) is 12.1 Å². The SMILES string of the molecule is Cc1cc(C(C)Nc2ccc(CS(N)(=O)=O)cc2)c(C)s1. The summed E-state index contributed by atoms with van der Waals surface area (Å²) in [7, 11) is -3.48. The van der Waals surface area contributed by atoms with Gasteiger partial charge in [0.25, 0.3) is 0 Å². The first-order chi connectivity index (χ1) is 9.74. The van der Waals surface area contributed by atoms with Crippen molar-refractivity contribution in [3.8, 4) is 0 Å². The van der Waals surface area contributed by atoms with Crippen molar-refractivity contribution < 1.29 is 8.42 Å². The Labute approximate surface area is 130 Å². The summed E-state index contributed by atoms with van der Waals surface area (Å²) in [5.41, 5.74) is 2.95. The van der Waals surface area contributed by atoms with Gasteiger partial charge in [0, 0.05) is 21.5 Å². The molecule has 1 aromatic heterocycles. The van der Waals surface area contributed by atoms with Crippen LogP contribution in [0.15, 0.2) is 30.3 Å². The van der Waals surface area contributed by atoms with Crippen molar-refractivity contribution in [3.05, 3.63) is 51.2 Å². The fourth-order valence-corrected chi connectivity index (χ4v) is 4.02. The monoisotopic (exact) mass is 324 g/mol. The minimum atomic E-state index is -3.48. The highest BCUT2D eigenvalue weighted by Crippen LogP contribution is 2.28. The second-order valence-corrected chi connectivity index (χ2v) is 8.31. The summed E-state index contributed by atoms with van der Waals surface area (Å²) in [4.78, 5) is 2.62. The van der Waals surface area contributed by atoms with Crippen LogP contribution in [-0.2, 0) is 15.8 Å². The third kappa shape index (κ3) is 4.56. The molecule has 2 rings (SSSR count). The van der Waals surface area contributed by atoms with E-state index in [1.165, 1.54) is 15.3 Å². The van der Waals surface area contributed by atoms with Crippen molar-refractivity contribution >= 4 is 27.0 Å². The number of benzene rings is 1. The van der Waals surface area contributed by atoms with Gasteiger partial charge in [-0.15, -0.1) is 11.3 Å². The number of anilines is 1. The Kier molecular flexibility index (Phi) is 4.70. The summed E-state index contributed by atoms with van der Waals surface area (Å²) in [6.45, 7) is 6.35. The minimum absolute atomic E-state index is 0.133. The van der Waals surface area contributed by atoms with Crippen LogP contribution in [0.2, 0.25) is 0 Å². The number of hydrogen-bond donors (Lipinski definition) is 2. The largest absolute Gasteiger partial charge is 0.378 e. The van der Waals surface area contributed by atoms with E-state index in [1.54, 1.807) is 23.5 Å². The third-order valence-electron chi connectivity index (χ3n) is 3.25. The molecular weight excluding hydrogens is 304 g/mol. The van der Waals surface area contributed by atoms with Crippen molar-refractivity contribution in [1.82, 2.24) is 0 Å². The molecule has 1 unspecified atom stereocenters. The van der Waals surface area contributed by atoms with Crippen molar-refractivity contribution in [1.29, 1.82) is 0 Å². The topological polar surface area (TPSA) is 72.2 Å². The van der Waals surface area contributed by atoms with Gasteiger partial charge in [-0.2, -0.15) is 0 Å². The second-order valence-electron chi connectivity index (χ2n) is 5.24. The number of primary sulfonamides is 1. The lowest BCUT2D eigenvalue weighted by Crippen LogP contribution is -2.14. The van der Waals surface area contributed by atoms with Gasteiger partial charge in [0.2, 0.25) is 10.0 Å². The molecular formula is C15H20N2O2S2. The first kappa shape index (κ1) is 16.0. The quantitative estimate of drug-likeness (QED) is 0.886. The molecule has 2 aromatic rings. The molecule has 0 fully saturated rings. The lowest BCUT2D eigenvalue weighted by Gasteiger charge is -2.15. The fraction of sp³-hybridized carbons (Fsp3) is 0.333. The Morgan fingerprint density at radius 3 is 2.33 bits per heavy atom. The number of sulfonamides is 1. The molecule has 21 heavy (non-hydrogen) atoms. The molecule has 1 heterocycles. The number of nitrogens with one attached hydrogen (secondary N) is 1. The van der Waals surface area contributed by atoms with E-state index in [2.05, 4.69) is 32.2 Å². The van der Waals surface area contributed by atoms with E-state index in [1.807, 2.05) is 12.1 Å². The van der Waals surface area contributed by atoms with Crippen LogP contribution in [0.4, 0.5) is 5.69 Å². The van der Waals surface area contributed by atoms with Gasteiger partial charge in [0.05, 0.1) is 5.75 Å². The van der Waals surface area contributed by atoms with Crippen LogP contribution in [0.25, 0.3) is 0 Å². The molecule has 3 N–H and O–H groups in total. The van der Waals surface area contributed by atoms with E-state index in [0.717, 1.165) is 5.69 Å². The fourth-order valence-electron chi connectivity index (χ4n) is 2.34. The Morgan fingerprint density at radius 2 is 1.86 bits per heavy atom. The zero-order valence-corrected chi connectivity index (χ0v) is 14.0. The van der Waals surface area contributed by atoms with Crippen LogP contribution < -0.4 is 10.5 Å². The summed E-state index contributed by atoms with van der Waals surface area (Å²) < 4.78 is 22.1. The van der Waals surface area contributed by atoms with Crippen LogP contribution in [0.5, 0.6) is 0 Å². The van der Waals surface area contributed by atoms with Crippen molar-refractivity contribution in [2.24, 2.45) is 5.14 Å². The molecule has 0 aliphatic carbocycles. The highest BCUT2D eigenvalue weighted by atomic mass is 32.2. The number of aryl methyl sites for hydroxylation is 2. The predicted molar refractivity (Wildman–Crippen MR) is 89.1 cm³/mol. The molecule has 0 radical (unpaired) electrons. The Balaban J connectivity index is 2.08. The number of thiophene rings is 1. The molecule has 0 aliphatic rings. The van der Waals surface area contributed by atoms with Crippen LogP contribution in [-0.4, -0.2) is 8.42 Å². The zero-order chi connectivity index (χ0) is 15.6. The summed E-state index contributed by atoms with van der Waals surface area (Å²) in [5.74, 6) is -0.133. The summed E-state index contributed by atoms with van der Waals surface area (Å²) in [6.07, 6.45) is 0. The van der Waals surface area contributed by atoms with Crippen LogP contribution >= 0.6 is 11.3 Å². The van der Waals surface area contributed by atoms with Crippen LogP contribution in [0, 0.1) is 13.8 Å². The summed E-state index contributed by atoms with van der Waals surface area (Å²) >= 11 is 1.80. The molecule has 6 heteroatoms. The Hall–Kier alpha value is -1.37. The van der Waals surface area contributed by atoms with E-state index < -0.39 is 10.0 Å². The lowest BCUT2D eigenvalue weighted by molar-refractivity contribution is 0.597. The lowest BCUT2D eigenvalue weighted by atomic mass is 10.1. The molecule has 1 atom stereocenters. The van der Waals surface area contributed by atoms with Gasteiger partial charge in [-0.25, -0.2) is 13.6 Å². The predicted octanol–water partition coefficient (Wildman–Crippen LogP) is 3.33. The Morgan fingerprint density at radius 1 is 1.24 bits per heavy atom. The first-order valence-corrected chi connectivity index (χ1v) is 9.20. The maximum Gasteiger partial charge on any atom is 0.213 e. The van der Waals surface area contributed by atoms with Crippen molar-refractivity contribution in [2.45, 2.75) is 32.6 Å².